The second-order valence-corrected chi connectivity index (χ2v) is 7.26. The van der Waals surface area contributed by atoms with Crippen LogP contribution in [0.1, 0.15) is 51.8 Å². The fraction of sp³-hybridized carbons (Fsp3) is 0.444. The van der Waals surface area contributed by atoms with E-state index in [9.17, 15) is 19.2 Å². The number of nitrogens with one attached hydrogen (secondary N) is 2. The Bertz CT molecular complexity index is 765. The van der Waals surface area contributed by atoms with E-state index >= 15 is 0 Å². The van der Waals surface area contributed by atoms with Crippen LogP contribution in [-0.4, -0.2) is 66.3 Å². The molecule has 0 spiro atoms. The van der Waals surface area contributed by atoms with Crippen molar-refractivity contribution >= 4 is 23.8 Å². The highest BCUT2D eigenvalue weighted by Crippen LogP contribution is 2.29. The minimum Gasteiger partial charge on any atom is -0.350 e. The number of fused-ring (bicyclic) bond motifs is 1. The molecule has 8 heteroatoms. The molecule has 1 aliphatic heterocycles. The van der Waals surface area contributed by atoms with Crippen LogP contribution in [0.3, 0.4) is 0 Å². The van der Waals surface area contributed by atoms with Crippen LogP contribution in [0.5, 0.6) is 0 Å². The van der Waals surface area contributed by atoms with Gasteiger partial charge in [-0.1, -0.05) is 0 Å². The normalized spacial score (nSPS) is 13.5. The lowest BCUT2D eigenvalue weighted by atomic mass is 10.1. The largest absolute Gasteiger partial charge is 0.350 e. The van der Waals surface area contributed by atoms with Gasteiger partial charge in [0.15, 0.2) is 0 Å². The fourth-order valence-corrected chi connectivity index (χ4v) is 2.60. The van der Waals surface area contributed by atoms with Gasteiger partial charge in [0.25, 0.3) is 17.7 Å². The van der Waals surface area contributed by atoms with Crippen LogP contribution in [0.25, 0.3) is 0 Å². The Morgan fingerprint density at radius 1 is 1.00 bits per heavy atom. The molecule has 0 aromatic heterocycles. The Labute approximate surface area is 152 Å². The molecule has 0 bridgehead atoms. The summed E-state index contributed by atoms with van der Waals surface area (Å²) >= 11 is 0. The highest BCUT2D eigenvalue weighted by molar-refractivity contribution is 6.22. The molecule has 0 radical (unpaired) electrons. The molecule has 0 fully saturated rings. The number of imide groups is 1. The van der Waals surface area contributed by atoms with Gasteiger partial charge >= 0.3 is 6.03 Å². The average molecular weight is 360 g/mol. The van der Waals surface area contributed by atoms with E-state index < -0.39 is 11.4 Å². The van der Waals surface area contributed by atoms with Crippen molar-refractivity contribution in [2.45, 2.75) is 26.3 Å². The van der Waals surface area contributed by atoms with Crippen molar-refractivity contribution in [1.82, 2.24) is 20.4 Å². The van der Waals surface area contributed by atoms with E-state index in [0.29, 0.717) is 11.1 Å². The first-order chi connectivity index (χ1) is 12.0. The Hall–Kier alpha value is -2.90. The molecule has 1 heterocycles. The van der Waals surface area contributed by atoms with E-state index in [4.69, 9.17) is 0 Å². The molecule has 0 saturated heterocycles. The van der Waals surface area contributed by atoms with Gasteiger partial charge in [-0.3, -0.25) is 19.3 Å². The Morgan fingerprint density at radius 2 is 1.58 bits per heavy atom. The number of hydrogen-bond donors (Lipinski definition) is 2. The molecule has 2 rings (SSSR count). The quantitative estimate of drug-likeness (QED) is 0.620. The van der Waals surface area contributed by atoms with Crippen LogP contribution in [-0.2, 0) is 0 Å². The minimum atomic E-state index is -0.639. The molecule has 0 saturated carbocycles. The summed E-state index contributed by atoms with van der Waals surface area (Å²) in [6.45, 7) is 5.87. The third-order valence-electron chi connectivity index (χ3n) is 3.91. The molecular formula is C18H24N4O4. The molecule has 26 heavy (non-hydrogen) atoms. The summed E-state index contributed by atoms with van der Waals surface area (Å²) in [5.41, 5.74) is 0.193. The maximum atomic E-state index is 12.5. The average Bonchev–Trinajstić information content (AvgIpc) is 2.81. The first-order valence-electron chi connectivity index (χ1n) is 8.30. The number of rotatable bonds is 4. The third-order valence-corrected chi connectivity index (χ3v) is 3.91. The number of urea groups is 1. The maximum Gasteiger partial charge on any atom is 0.316 e. The molecule has 2 N–H and O–H groups in total. The number of carbonyl (C=O) groups excluding carboxylic acids is 4. The van der Waals surface area contributed by atoms with E-state index in [1.54, 1.807) is 34.9 Å². The van der Waals surface area contributed by atoms with Crippen LogP contribution < -0.4 is 10.6 Å². The molecule has 1 aromatic carbocycles. The van der Waals surface area contributed by atoms with Crippen molar-refractivity contribution in [3.63, 3.8) is 0 Å². The monoisotopic (exact) mass is 360 g/mol. The lowest BCUT2D eigenvalue weighted by Gasteiger charge is -2.29. The van der Waals surface area contributed by atoms with Gasteiger partial charge < -0.3 is 15.5 Å². The Morgan fingerprint density at radius 3 is 2.15 bits per heavy atom. The minimum absolute atomic E-state index is 0.235. The summed E-state index contributed by atoms with van der Waals surface area (Å²) in [4.78, 5) is 51.2. The summed E-state index contributed by atoms with van der Waals surface area (Å²) in [6.07, 6.45) is 0. The van der Waals surface area contributed by atoms with Crippen molar-refractivity contribution in [2.24, 2.45) is 0 Å². The number of hydrogen-bond acceptors (Lipinski definition) is 4. The van der Waals surface area contributed by atoms with Crippen LogP contribution in [0.15, 0.2) is 18.2 Å². The number of benzene rings is 1. The predicted octanol–water partition coefficient (Wildman–Crippen LogP) is 1.08. The first-order valence-corrected chi connectivity index (χ1v) is 8.30. The SMILES string of the molecule is CN(C)C(=O)NCCNC(=O)c1ccc2c(c1)C(=O)N(C(C)(C)C)C2=O. The third kappa shape index (κ3) is 3.84. The molecule has 0 unspecified atom stereocenters. The fourth-order valence-electron chi connectivity index (χ4n) is 2.60. The lowest BCUT2D eigenvalue weighted by molar-refractivity contribution is 0.0507. The zero-order valence-corrected chi connectivity index (χ0v) is 15.7. The molecule has 1 aliphatic rings. The van der Waals surface area contributed by atoms with E-state index in [2.05, 4.69) is 10.6 Å². The van der Waals surface area contributed by atoms with Gasteiger partial charge in [0.1, 0.15) is 0 Å². The Balaban J connectivity index is 2.05. The maximum absolute atomic E-state index is 12.5. The molecule has 5 amide bonds. The standard InChI is InChI=1S/C18H24N4O4/c1-18(2,3)22-15(24)12-7-6-11(10-13(12)16(22)25)14(23)19-8-9-20-17(26)21(4)5/h6-7,10H,8-9H2,1-5H3,(H,19,23)(H,20,26). The van der Waals surface area contributed by atoms with Crippen molar-refractivity contribution < 1.29 is 19.2 Å². The second-order valence-electron chi connectivity index (χ2n) is 7.26. The summed E-state index contributed by atoms with van der Waals surface area (Å²) < 4.78 is 0. The molecular weight excluding hydrogens is 336 g/mol. The predicted molar refractivity (Wildman–Crippen MR) is 96.1 cm³/mol. The van der Waals surface area contributed by atoms with Gasteiger partial charge in [0.2, 0.25) is 0 Å². The highest BCUT2D eigenvalue weighted by atomic mass is 16.2. The zero-order valence-electron chi connectivity index (χ0n) is 15.7. The molecule has 0 aliphatic carbocycles. The van der Waals surface area contributed by atoms with Gasteiger partial charge in [0, 0.05) is 38.3 Å². The van der Waals surface area contributed by atoms with Crippen molar-refractivity contribution in [1.29, 1.82) is 0 Å². The lowest BCUT2D eigenvalue weighted by Crippen LogP contribution is -2.45. The number of carbonyl (C=O) groups is 4. The Kier molecular flexibility index (Phi) is 5.34. The summed E-state index contributed by atoms with van der Waals surface area (Å²) in [5.74, 6) is -1.12. The van der Waals surface area contributed by atoms with Gasteiger partial charge in [-0.25, -0.2) is 4.79 Å². The van der Waals surface area contributed by atoms with Gasteiger partial charge in [-0.05, 0) is 39.0 Å². The molecule has 140 valence electrons. The van der Waals surface area contributed by atoms with Crippen LogP contribution >= 0.6 is 0 Å². The van der Waals surface area contributed by atoms with Gasteiger partial charge in [-0.15, -0.1) is 0 Å². The highest BCUT2D eigenvalue weighted by Gasteiger charge is 2.42. The van der Waals surface area contributed by atoms with Gasteiger partial charge in [-0.2, -0.15) is 0 Å². The molecule has 0 atom stereocenters. The van der Waals surface area contributed by atoms with Crippen LogP contribution in [0.4, 0.5) is 4.79 Å². The van der Waals surface area contributed by atoms with Crippen molar-refractivity contribution in [2.75, 3.05) is 27.2 Å². The molecule has 8 nitrogen and oxygen atoms in total. The van der Waals surface area contributed by atoms with Crippen molar-refractivity contribution in [3.8, 4) is 0 Å². The van der Waals surface area contributed by atoms with Crippen LogP contribution in [0.2, 0.25) is 0 Å². The van der Waals surface area contributed by atoms with E-state index in [0.717, 1.165) is 0 Å². The van der Waals surface area contributed by atoms with E-state index in [1.807, 2.05) is 0 Å². The smallest absolute Gasteiger partial charge is 0.316 e. The van der Waals surface area contributed by atoms with E-state index in [1.165, 1.54) is 28.0 Å². The second kappa shape index (κ2) is 7.15. The van der Waals surface area contributed by atoms with Crippen molar-refractivity contribution in [3.05, 3.63) is 34.9 Å². The van der Waals surface area contributed by atoms with Gasteiger partial charge in [0.05, 0.1) is 11.1 Å². The van der Waals surface area contributed by atoms with Crippen LogP contribution in [0, 0.1) is 0 Å². The number of amides is 5. The zero-order chi connectivity index (χ0) is 19.6. The number of nitrogens with zero attached hydrogens (tertiary/aromatic N) is 2. The first kappa shape index (κ1) is 19.4. The summed E-state index contributed by atoms with van der Waals surface area (Å²) in [6, 6.07) is 4.21. The summed E-state index contributed by atoms with van der Waals surface area (Å²) in [7, 11) is 3.25. The summed E-state index contributed by atoms with van der Waals surface area (Å²) in [5, 5.41) is 5.30. The topological polar surface area (TPSA) is 98.8 Å². The molecule has 1 aromatic rings. The van der Waals surface area contributed by atoms with E-state index in [-0.39, 0.29) is 36.5 Å².